The lowest BCUT2D eigenvalue weighted by molar-refractivity contribution is 0.0650. The molecule has 1 atom stereocenters. The van der Waals surface area contributed by atoms with Crippen LogP contribution in [0.25, 0.3) is 0 Å². The van der Waals surface area contributed by atoms with Gasteiger partial charge in [0.2, 0.25) is 0 Å². The van der Waals surface area contributed by atoms with Crippen LogP contribution in [0.5, 0.6) is 0 Å². The highest BCUT2D eigenvalue weighted by atomic mass is 16.5. The molecule has 3 nitrogen and oxygen atoms in total. The van der Waals surface area contributed by atoms with E-state index in [0.717, 1.165) is 38.5 Å². The third kappa shape index (κ3) is 3.74. The lowest BCUT2D eigenvalue weighted by atomic mass is 9.87. The summed E-state index contributed by atoms with van der Waals surface area (Å²) in [6, 6.07) is 0.575. The predicted octanol–water partition coefficient (Wildman–Crippen LogP) is 1.31. The zero-order valence-electron chi connectivity index (χ0n) is 9.45. The molecular weight excluding hydrogens is 190 g/mol. The molecule has 0 bridgehead atoms. The molecule has 88 valence electrons. The van der Waals surface area contributed by atoms with Crippen LogP contribution in [0.4, 0.5) is 0 Å². The summed E-state index contributed by atoms with van der Waals surface area (Å²) >= 11 is 0. The molecule has 0 radical (unpaired) electrons. The fourth-order valence-electron chi connectivity index (χ4n) is 2.58. The van der Waals surface area contributed by atoms with Crippen LogP contribution in [0.1, 0.15) is 38.5 Å². The number of ether oxygens (including phenoxy) is 1. The van der Waals surface area contributed by atoms with Crippen LogP contribution < -0.4 is 5.32 Å². The SMILES string of the molecule is OC1CCC(CNC2CCCOC2)CC1. The van der Waals surface area contributed by atoms with Gasteiger partial charge < -0.3 is 15.2 Å². The Morgan fingerprint density at radius 1 is 1.13 bits per heavy atom. The second kappa shape index (κ2) is 5.83. The largest absolute Gasteiger partial charge is 0.393 e. The quantitative estimate of drug-likeness (QED) is 0.742. The van der Waals surface area contributed by atoms with E-state index in [4.69, 9.17) is 4.74 Å². The maximum Gasteiger partial charge on any atom is 0.0619 e. The van der Waals surface area contributed by atoms with E-state index < -0.39 is 0 Å². The number of hydrogen-bond donors (Lipinski definition) is 2. The Morgan fingerprint density at radius 2 is 1.93 bits per heavy atom. The molecule has 1 aliphatic heterocycles. The van der Waals surface area contributed by atoms with Crippen molar-refractivity contribution in [2.24, 2.45) is 5.92 Å². The van der Waals surface area contributed by atoms with E-state index in [0.29, 0.717) is 6.04 Å². The molecule has 2 rings (SSSR count). The van der Waals surface area contributed by atoms with Gasteiger partial charge in [-0.1, -0.05) is 0 Å². The maximum atomic E-state index is 9.40. The van der Waals surface area contributed by atoms with Gasteiger partial charge in [0, 0.05) is 12.6 Å². The van der Waals surface area contributed by atoms with Crippen molar-refractivity contribution in [1.29, 1.82) is 0 Å². The van der Waals surface area contributed by atoms with Crippen molar-refractivity contribution in [2.75, 3.05) is 19.8 Å². The van der Waals surface area contributed by atoms with Gasteiger partial charge in [-0.15, -0.1) is 0 Å². The number of nitrogens with one attached hydrogen (secondary N) is 1. The molecule has 2 N–H and O–H groups in total. The zero-order chi connectivity index (χ0) is 10.5. The van der Waals surface area contributed by atoms with Gasteiger partial charge in [-0.2, -0.15) is 0 Å². The van der Waals surface area contributed by atoms with Crippen molar-refractivity contribution in [3.05, 3.63) is 0 Å². The molecule has 3 heteroatoms. The van der Waals surface area contributed by atoms with Crippen molar-refractivity contribution in [2.45, 2.75) is 50.7 Å². The Kier molecular flexibility index (Phi) is 4.42. The third-order valence-electron chi connectivity index (χ3n) is 3.67. The molecule has 0 aromatic heterocycles. The summed E-state index contributed by atoms with van der Waals surface area (Å²) in [6.07, 6.45) is 6.78. The number of rotatable bonds is 3. The summed E-state index contributed by atoms with van der Waals surface area (Å²) in [5.74, 6) is 0.773. The minimum Gasteiger partial charge on any atom is -0.393 e. The van der Waals surface area contributed by atoms with Crippen LogP contribution >= 0.6 is 0 Å². The monoisotopic (exact) mass is 213 g/mol. The van der Waals surface area contributed by atoms with Gasteiger partial charge in [0.15, 0.2) is 0 Å². The van der Waals surface area contributed by atoms with Gasteiger partial charge >= 0.3 is 0 Å². The highest BCUT2D eigenvalue weighted by molar-refractivity contribution is 4.76. The molecule has 0 aromatic carbocycles. The molecule has 15 heavy (non-hydrogen) atoms. The van der Waals surface area contributed by atoms with E-state index in [1.54, 1.807) is 0 Å². The third-order valence-corrected chi connectivity index (χ3v) is 3.67. The molecule has 2 aliphatic rings. The maximum absolute atomic E-state index is 9.40. The Hall–Kier alpha value is -0.120. The van der Waals surface area contributed by atoms with E-state index in [1.165, 1.54) is 25.7 Å². The van der Waals surface area contributed by atoms with Gasteiger partial charge in [0.25, 0.3) is 0 Å². The summed E-state index contributed by atoms with van der Waals surface area (Å²) in [7, 11) is 0. The van der Waals surface area contributed by atoms with Gasteiger partial charge in [0.05, 0.1) is 12.7 Å². The van der Waals surface area contributed by atoms with Crippen LogP contribution in [0.2, 0.25) is 0 Å². The van der Waals surface area contributed by atoms with Crippen molar-refractivity contribution >= 4 is 0 Å². The number of aliphatic hydroxyl groups excluding tert-OH is 1. The molecule has 2 fully saturated rings. The standard InChI is InChI=1S/C12H23NO2/c14-12-5-3-10(4-6-12)8-13-11-2-1-7-15-9-11/h10-14H,1-9H2. The Balaban J connectivity index is 1.60. The first kappa shape index (κ1) is 11.4. The predicted molar refractivity (Wildman–Crippen MR) is 59.8 cm³/mol. The smallest absolute Gasteiger partial charge is 0.0619 e. The van der Waals surface area contributed by atoms with Crippen molar-refractivity contribution in [3.8, 4) is 0 Å². The first-order chi connectivity index (χ1) is 7.34. The highest BCUT2D eigenvalue weighted by Crippen LogP contribution is 2.23. The molecule has 0 amide bonds. The lowest BCUT2D eigenvalue weighted by Gasteiger charge is -2.29. The average molecular weight is 213 g/mol. The first-order valence-corrected chi connectivity index (χ1v) is 6.34. The van der Waals surface area contributed by atoms with Gasteiger partial charge in [-0.3, -0.25) is 0 Å². The number of hydrogen-bond acceptors (Lipinski definition) is 3. The fraction of sp³-hybridized carbons (Fsp3) is 1.00. The number of aliphatic hydroxyl groups is 1. The van der Waals surface area contributed by atoms with Gasteiger partial charge in [-0.25, -0.2) is 0 Å². The molecule has 1 aliphatic carbocycles. The molecule has 1 unspecified atom stereocenters. The molecule has 1 saturated heterocycles. The summed E-state index contributed by atoms with van der Waals surface area (Å²) in [4.78, 5) is 0. The van der Waals surface area contributed by atoms with E-state index in [-0.39, 0.29) is 6.10 Å². The fourth-order valence-corrected chi connectivity index (χ4v) is 2.58. The van der Waals surface area contributed by atoms with Gasteiger partial charge in [0.1, 0.15) is 0 Å². The van der Waals surface area contributed by atoms with Crippen molar-refractivity contribution in [1.82, 2.24) is 5.32 Å². The van der Waals surface area contributed by atoms with Crippen LogP contribution in [0.3, 0.4) is 0 Å². The van der Waals surface area contributed by atoms with Gasteiger partial charge in [-0.05, 0) is 51.0 Å². The molecule has 0 spiro atoms. The minimum absolute atomic E-state index is 0.0285. The Morgan fingerprint density at radius 3 is 2.60 bits per heavy atom. The average Bonchev–Trinajstić information content (AvgIpc) is 2.30. The summed E-state index contributed by atoms with van der Waals surface area (Å²) < 4.78 is 5.44. The van der Waals surface area contributed by atoms with Crippen LogP contribution in [0, 0.1) is 5.92 Å². The Labute approximate surface area is 92.2 Å². The first-order valence-electron chi connectivity index (χ1n) is 6.34. The van der Waals surface area contributed by atoms with Crippen molar-refractivity contribution in [3.63, 3.8) is 0 Å². The summed E-state index contributed by atoms with van der Waals surface area (Å²) in [5.41, 5.74) is 0. The molecular formula is C12H23NO2. The molecule has 0 aromatic rings. The topological polar surface area (TPSA) is 41.5 Å². The van der Waals surface area contributed by atoms with E-state index in [1.807, 2.05) is 0 Å². The second-order valence-electron chi connectivity index (χ2n) is 5.00. The van der Waals surface area contributed by atoms with E-state index in [9.17, 15) is 5.11 Å². The molecule has 1 heterocycles. The van der Waals surface area contributed by atoms with Crippen LogP contribution in [0.15, 0.2) is 0 Å². The lowest BCUT2D eigenvalue weighted by Crippen LogP contribution is -2.40. The second-order valence-corrected chi connectivity index (χ2v) is 5.00. The Bertz CT molecular complexity index is 172. The minimum atomic E-state index is -0.0285. The zero-order valence-corrected chi connectivity index (χ0v) is 9.45. The van der Waals surface area contributed by atoms with Crippen LogP contribution in [-0.2, 0) is 4.74 Å². The summed E-state index contributed by atoms with van der Waals surface area (Å²) in [6.45, 7) is 2.93. The van der Waals surface area contributed by atoms with Crippen LogP contribution in [-0.4, -0.2) is 37.0 Å². The summed E-state index contributed by atoms with van der Waals surface area (Å²) in [5, 5.41) is 13.0. The highest BCUT2D eigenvalue weighted by Gasteiger charge is 2.20. The molecule has 1 saturated carbocycles. The normalized spacial score (nSPS) is 37.8. The van der Waals surface area contributed by atoms with E-state index in [2.05, 4.69) is 5.32 Å². The van der Waals surface area contributed by atoms with Crippen molar-refractivity contribution < 1.29 is 9.84 Å². The van der Waals surface area contributed by atoms with E-state index >= 15 is 0 Å².